The van der Waals surface area contributed by atoms with Crippen LogP contribution in [0.25, 0.3) is 0 Å². The Morgan fingerprint density at radius 3 is 2.93 bits per heavy atom. The second-order valence-electron chi connectivity index (χ2n) is 4.69. The Hall–Kier alpha value is -0.410. The van der Waals surface area contributed by atoms with Crippen molar-refractivity contribution in [1.82, 2.24) is 10.3 Å². The van der Waals surface area contributed by atoms with E-state index in [-0.39, 0.29) is 0 Å². The molecule has 0 spiro atoms. The first-order chi connectivity index (χ1) is 7.33. The molecule has 2 unspecified atom stereocenters. The van der Waals surface area contributed by atoms with Gasteiger partial charge in [-0.15, -0.1) is 0 Å². The summed E-state index contributed by atoms with van der Waals surface area (Å²) in [6.45, 7) is 1.19. The zero-order valence-corrected chi connectivity index (χ0v) is 10.2. The maximum Gasteiger partial charge on any atom is 0.0438 e. The van der Waals surface area contributed by atoms with Crippen molar-refractivity contribution in [2.24, 2.45) is 5.92 Å². The Kier molecular flexibility index (Phi) is 2.53. The molecule has 2 fully saturated rings. The van der Waals surface area contributed by atoms with E-state index in [4.69, 9.17) is 0 Å². The molecule has 3 rings (SSSR count). The number of hydrogen-bond acceptors (Lipinski definition) is 2. The minimum absolute atomic E-state index is 0.712. The summed E-state index contributed by atoms with van der Waals surface area (Å²) < 4.78 is 1.07. The van der Waals surface area contributed by atoms with Crippen LogP contribution in [-0.2, 0) is 0 Å². The number of hydrogen-bond donors (Lipinski definition) is 1. The van der Waals surface area contributed by atoms with Gasteiger partial charge in [0.25, 0.3) is 0 Å². The lowest BCUT2D eigenvalue weighted by atomic mass is 10.2. The number of nitrogens with one attached hydrogen (secondary N) is 1. The zero-order chi connectivity index (χ0) is 10.3. The van der Waals surface area contributed by atoms with Crippen molar-refractivity contribution in [2.45, 2.75) is 31.2 Å². The topological polar surface area (TPSA) is 24.9 Å². The van der Waals surface area contributed by atoms with E-state index >= 15 is 0 Å². The second kappa shape index (κ2) is 3.87. The average molecular weight is 267 g/mol. The third-order valence-corrected chi connectivity index (χ3v) is 3.77. The molecule has 0 radical (unpaired) electrons. The largest absolute Gasteiger partial charge is 0.314 e. The average Bonchev–Trinajstić information content (AvgIpc) is 3.12. The van der Waals surface area contributed by atoms with Crippen LogP contribution in [0.5, 0.6) is 0 Å². The van der Waals surface area contributed by atoms with Crippen molar-refractivity contribution in [3.63, 3.8) is 0 Å². The van der Waals surface area contributed by atoms with Crippen LogP contribution in [0.3, 0.4) is 0 Å². The quantitative estimate of drug-likeness (QED) is 0.907. The highest BCUT2D eigenvalue weighted by Crippen LogP contribution is 2.46. The summed E-state index contributed by atoms with van der Waals surface area (Å²) in [7, 11) is 0. The van der Waals surface area contributed by atoms with Gasteiger partial charge in [-0.2, -0.15) is 0 Å². The fraction of sp³-hybridized carbons (Fsp3) is 0.583. The lowest BCUT2D eigenvalue weighted by Gasteiger charge is -2.01. The minimum atomic E-state index is 0.712. The first-order valence-electron chi connectivity index (χ1n) is 5.68. The Bertz CT molecular complexity index is 345. The molecule has 2 nitrogen and oxygen atoms in total. The van der Waals surface area contributed by atoms with Gasteiger partial charge in [-0.3, -0.25) is 4.98 Å². The van der Waals surface area contributed by atoms with E-state index in [1.807, 2.05) is 6.20 Å². The molecule has 2 atom stereocenters. The van der Waals surface area contributed by atoms with Crippen LogP contribution < -0.4 is 5.32 Å². The van der Waals surface area contributed by atoms with E-state index in [2.05, 4.69) is 38.4 Å². The van der Waals surface area contributed by atoms with Crippen molar-refractivity contribution in [3.05, 3.63) is 28.5 Å². The number of rotatable bonds is 4. The molecule has 1 aromatic heterocycles. The summed E-state index contributed by atoms with van der Waals surface area (Å²) in [5, 5.41) is 3.59. The molecule has 2 aliphatic rings. The van der Waals surface area contributed by atoms with E-state index in [9.17, 15) is 0 Å². The van der Waals surface area contributed by atoms with E-state index in [0.717, 1.165) is 16.4 Å². The van der Waals surface area contributed by atoms with Crippen molar-refractivity contribution in [1.29, 1.82) is 0 Å². The standard InChI is InChI=1S/C12H15BrN2/c13-9-1-4-12(15-7-9)11-5-8(11)6-14-10-2-3-10/h1,4,7-8,10-11,14H,2-3,5-6H2. The Morgan fingerprint density at radius 2 is 2.27 bits per heavy atom. The molecular weight excluding hydrogens is 252 g/mol. The molecule has 80 valence electrons. The van der Waals surface area contributed by atoms with Gasteiger partial charge in [0.15, 0.2) is 0 Å². The number of pyridine rings is 1. The van der Waals surface area contributed by atoms with Crippen LogP contribution in [0.2, 0.25) is 0 Å². The van der Waals surface area contributed by atoms with Crippen molar-refractivity contribution < 1.29 is 0 Å². The van der Waals surface area contributed by atoms with E-state index < -0.39 is 0 Å². The molecular formula is C12H15BrN2. The third kappa shape index (κ3) is 2.40. The lowest BCUT2D eigenvalue weighted by molar-refractivity contribution is 0.621. The molecule has 1 aromatic rings. The number of nitrogens with zero attached hydrogens (tertiary/aromatic N) is 1. The Balaban J connectivity index is 1.54. The molecule has 15 heavy (non-hydrogen) atoms. The third-order valence-electron chi connectivity index (χ3n) is 3.30. The predicted octanol–water partition coefficient (Wildman–Crippen LogP) is 2.70. The van der Waals surface area contributed by atoms with Gasteiger partial charge in [0, 0.05) is 28.3 Å². The zero-order valence-electron chi connectivity index (χ0n) is 8.62. The van der Waals surface area contributed by atoms with Gasteiger partial charge < -0.3 is 5.32 Å². The van der Waals surface area contributed by atoms with E-state index in [1.165, 1.54) is 31.5 Å². The summed E-state index contributed by atoms with van der Waals surface area (Å²) in [6, 6.07) is 5.07. The molecule has 3 heteroatoms. The summed E-state index contributed by atoms with van der Waals surface area (Å²) >= 11 is 3.41. The summed E-state index contributed by atoms with van der Waals surface area (Å²) in [5.41, 5.74) is 1.26. The van der Waals surface area contributed by atoms with Crippen LogP contribution >= 0.6 is 15.9 Å². The summed E-state index contributed by atoms with van der Waals surface area (Å²) in [5.74, 6) is 1.55. The van der Waals surface area contributed by atoms with Gasteiger partial charge in [-0.25, -0.2) is 0 Å². The van der Waals surface area contributed by atoms with Crippen molar-refractivity contribution in [3.8, 4) is 0 Å². The number of aromatic nitrogens is 1. The maximum absolute atomic E-state index is 4.46. The SMILES string of the molecule is Brc1ccc(C2CC2CNC2CC2)nc1. The Morgan fingerprint density at radius 1 is 1.40 bits per heavy atom. The highest BCUT2D eigenvalue weighted by Gasteiger charge is 2.39. The Labute approximate surface area is 98.6 Å². The van der Waals surface area contributed by atoms with Crippen LogP contribution in [0.15, 0.2) is 22.8 Å². The second-order valence-corrected chi connectivity index (χ2v) is 5.60. The van der Waals surface area contributed by atoms with E-state index in [0.29, 0.717) is 5.92 Å². The molecule has 0 aromatic carbocycles. The van der Waals surface area contributed by atoms with Crippen LogP contribution in [0.4, 0.5) is 0 Å². The minimum Gasteiger partial charge on any atom is -0.314 e. The fourth-order valence-corrected chi connectivity index (χ4v) is 2.28. The maximum atomic E-state index is 4.46. The molecule has 2 aliphatic carbocycles. The van der Waals surface area contributed by atoms with Gasteiger partial charge in [-0.1, -0.05) is 0 Å². The molecule has 0 saturated heterocycles. The van der Waals surface area contributed by atoms with Crippen molar-refractivity contribution >= 4 is 15.9 Å². The molecule has 0 amide bonds. The fourth-order valence-electron chi connectivity index (χ4n) is 2.05. The summed E-state index contributed by atoms with van der Waals surface area (Å²) in [4.78, 5) is 4.46. The van der Waals surface area contributed by atoms with Gasteiger partial charge >= 0.3 is 0 Å². The van der Waals surface area contributed by atoms with Crippen LogP contribution in [0, 0.1) is 5.92 Å². The smallest absolute Gasteiger partial charge is 0.0438 e. The van der Waals surface area contributed by atoms with Crippen LogP contribution in [0.1, 0.15) is 30.9 Å². The highest BCUT2D eigenvalue weighted by molar-refractivity contribution is 9.10. The molecule has 2 saturated carbocycles. The monoisotopic (exact) mass is 266 g/mol. The predicted molar refractivity (Wildman–Crippen MR) is 63.8 cm³/mol. The first-order valence-corrected chi connectivity index (χ1v) is 6.47. The normalized spacial score (nSPS) is 29.1. The van der Waals surface area contributed by atoms with Gasteiger partial charge in [-0.05, 0) is 59.8 Å². The van der Waals surface area contributed by atoms with E-state index in [1.54, 1.807) is 0 Å². The molecule has 1 N–H and O–H groups in total. The van der Waals surface area contributed by atoms with Crippen molar-refractivity contribution in [2.75, 3.05) is 6.54 Å². The van der Waals surface area contributed by atoms with Gasteiger partial charge in [0.05, 0.1) is 0 Å². The molecule has 1 heterocycles. The first kappa shape index (κ1) is 9.79. The van der Waals surface area contributed by atoms with Gasteiger partial charge in [0.1, 0.15) is 0 Å². The molecule has 0 aliphatic heterocycles. The van der Waals surface area contributed by atoms with Crippen LogP contribution in [-0.4, -0.2) is 17.6 Å². The molecule has 0 bridgehead atoms. The van der Waals surface area contributed by atoms with Gasteiger partial charge in [0.2, 0.25) is 0 Å². The number of halogens is 1. The summed E-state index contributed by atoms with van der Waals surface area (Å²) in [6.07, 6.45) is 5.98. The lowest BCUT2D eigenvalue weighted by Crippen LogP contribution is -2.19. The highest BCUT2D eigenvalue weighted by atomic mass is 79.9.